The van der Waals surface area contributed by atoms with E-state index in [0.29, 0.717) is 17.8 Å². The Morgan fingerprint density at radius 3 is 2.35 bits per heavy atom. The lowest BCUT2D eigenvalue weighted by Gasteiger charge is -2.21. The van der Waals surface area contributed by atoms with Gasteiger partial charge in [0.15, 0.2) is 5.82 Å². The summed E-state index contributed by atoms with van der Waals surface area (Å²) in [7, 11) is -5.95. The maximum atomic E-state index is 13.2. The summed E-state index contributed by atoms with van der Waals surface area (Å²) >= 11 is 0. The second-order valence-electron chi connectivity index (χ2n) is 10.0. The monoisotopic (exact) mass is 588 g/mol. The molecule has 3 aromatic rings. The molecule has 0 fully saturated rings. The minimum atomic E-state index is -4.00. The van der Waals surface area contributed by atoms with E-state index in [2.05, 4.69) is 20.0 Å². The van der Waals surface area contributed by atoms with Crippen LogP contribution in [0.2, 0.25) is 0 Å². The van der Waals surface area contributed by atoms with E-state index < -0.39 is 37.8 Å². The van der Waals surface area contributed by atoms with Crippen molar-refractivity contribution in [2.24, 2.45) is 0 Å². The van der Waals surface area contributed by atoms with Crippen molar-refractivity contribution in [2.45, 2.75) is 57.1 Å². The van der Waals surface area contributed by atoms with Gasteiger partial charge in [-0.25, -0.2) is 31.3 Å². The summed E-state index contributed by atoms with van der Waals surface area (Å²) in [6.07, 6.45) is 2.56. The standard InChI is InChI=1S/C27H34N5O6S2/c1-6-17-39(34,35)32(5)21-14-12-20(13-15-21)18-24(31-40(36,37)22-9-8-16-28-19-22)23-10-7-11-25(29-23)30-26(33)38-27(2,3)4/h7-16,19,24,31H,6,17-18H2,1-5H3. The topological polar surface area (TPSA) is 150 Å². The number of carbonyl (C=O) groups is 1. The number of amides is 1. The van der Waals surface area contributed by atoms with E-state index in [1.807, 2.05) is 0 Å². The summed E-state index contributed by atoms with van der Waals surface area (Å²) in [5.41, 5.74) is 0.793. The van der Waals surface area contributed by atoms with Gasteiger partial charge >= 0.3 is 6.09 Å². The predicted octanol–water partition coefficient (Wildman–Crippen LogP) is 4.09. The van der Waals surface area contributed by atoms with Gasteiger partial charge in [0.25, 0.3) is 0 Å². The highest BCUT2D eigenvalue weighted by atomic mass is 32.2. The molecule has 1 N–H and O–H groups in total. The fraction of sp³-hybridized carbons (Fsp3) is 0.370. The lowest BCUT2D eigenvalue weighted by Crippen LogP contribution is -2.31. The van der Waals surface area contributed by atoms with Crippen molar-refractivity contribution in [2.75, 3.05) is 17.1 Å². The molecule has 1 unspecified atom stereocenters. The molecule has 11 nitrogen and oxygen atoms in total. The van der Waals surface area contributed by atoms with E-state index in [1.165, 1.54) is 41.9 Å². The zero-order valence-electron chi connectivity index (χ0n) is 23.1. The molecule has 40 heavy (non-hydrogen) atoms. The number of nitrogens with zero attached hydrogens (tertiary/aromatic N) is 4. The number of anilines is 1. The lowest BCUT2D eigenvalue weighted by atomic mass is 10.0. The molecule has 1 atom stereocenters. The molecule has 3 rings (SSSR count). The molecule has 0 saturated carbocycles. The fourth-order valence-corrected chi connectivity index (χ4v) is 6.08. The second kappa shape index (κ2) is 12.7. The number of carbonyl (C=O) groups excluding carboxylic acids is 1. The predicted molar refractivity (Wildman–Crippen MR) is 152 cm³/mol. The van der Waals surface area contributed by atoms with Crippen LogP contribution in [-0.4, -0.2) is 51.3 Å². The van der Waals surface area contributed by atoms with Crippen molar-refractivity contribution in [1.29, 1.82) is 0 Å². The number of ether oxygens (including phenoxy) is 1. The maximum Gasteiger partial charge on any atom is 0.436 e. The Balaban J connectivity index is 1.91. The summed E-state index contributed by atoms with van der Waals surface area (Å²) in [6, 6.07) is 13.6. The average molecular weight is 589 g/mol. The number of sulfonamides is 2. The summed E-state index contributed by atoms with van der Waals surface area (Å²) in [4.78, 5) is 20.5. The van der Waals surface area contributed by atoms with Gasteiger partial charge in [-0.3, -0.25) is 9.29 Å². The zero-order valence-corrected chi connectivity index (χ0v) is 24.7. The van der Waals surface area contributed by atoms with E-state index in [0.717, 1.165) is 5.56 Å². The number of hydrogen-bond acceptors (Lipinski definition) is 8. The van der Waals surface area contributed by atoms with Crippen LogP contribution < -0.4 is 14.3 Å². The first-order chi connectivity index (χ1) is 18.7. The Hall–Kier alpha value is -3.55. The normalized spacial score (nSPS) is 12.9. The van der Waals surface area contributed by atoms with E-state index in [-0.39, 0.29) is 22.9 Å². The van der Waals surface area contributed by atoms with Gasteiger partial charge in [0.2, 0.25) is 20.0 Å². The van der Waals surface area contributed by atoms with Crippen molar-refractivity contribution in [3.05, 3.63) is 78.2 Å². The van der Waals surface area contributed by atoms with Crippen LogP contribution in [0.15, 0.2) is 71.9 Å². The van der Waals surface area contributed by atoms with Crippen molar-refractivity contribution >= 4 is 37.6 Å². The van der Waals surface area contributed by atoms with Crippen LogP contribution in [0.3, 0.4) is 0 Å². The number of pyridine rings is 2. The molecule has 0 aliphatic rings. The summed E-state index contributed by atoms with van der Waals surface area (Å²) < 4.78 is 60.4. The minimum absolute atomic E-state index is 0.0206. The van der Waals surface area contributed by atoms with Crippen molar-refractivity contribution in [3.63, 3.8) is 0 Å². The smallest absolute Gasteiger partial charge is 0.436 e. The highest BCUT2D eigenvalue weighted by Gasteiger charge is 2.25. The van der Waals surface area contributed by atoms with Gasteiger partial charge in [-0.05, 0) is 75.6 Å². The third-order valence-corrected chi connectivity index (χ3v) is 9.00. The van der Waals surface area contributed by atoms with E-state index in [9.17, 15) is 21.6 Å². The molecule has 215 valence electrons. The van der Waals surface area contributed by atoms with Crippen LogP contribution in [0.5, 0.6) is 0 Å². The quantitative estimate of drug-likeness (QED) is 0.352. The Kier molecular flexibility index (Phi) is 9.87. The molecule has 1 radical (unpaired) electrons. The lowest BCUT2D eigenvalue weighted by molar-refractivity contribution is 0.0548. The highest BCUT2D eigenvalue weighted by Crippen LogP contribution is 2.24. The average Bonchev–Trinajstić information content (AvgIpc) is 2.88. The molecule has 13 heteroatoms. The zero-order chi connectivity index (χ0) is 29.6. The van der Waals surface area contributed by atoms with Gasteiger partial charge in [-0.1, -0.05) is 25.1 Å². The number of hydrogen-bond donors (Lipinski definition) is 1. The van der Waals surface area contributed by atoms with Crippen LogP contribution in [-0.2, 0) is 31.2 Å². The number of aromatic nitrogens is 2. The first kappa shape index (κ1) is 31.0. The first-order valence-electron chi connectivity index (χ1n) is 12.6. The van der Waals surface area contributed by atoms with Gasteiger partial charge in [0.05, 0.1) is 23.2 Å². The third-order valence-electron chi connectivity index (χ3n) is 5.57. The Labute approximate surface area is 236 Å². The van der Waals surface area contributed by atoms with Crippen LogP contribution in [0.25, 0.3) is 0 Å². The van der Waals surface area contributed by atoms with Crippen molar-refractivity contribution in [1.82, 2.24) is 20.0 Å². The second-order valence-corrected chi connectivity index (χ2v) is 13.9. The summed E-state index contributed by atoms with van der Waals surface area (Å²) in [5.74, 6) is 0.0928. The molecule has 2 aromatic heterocycles. The largest absolute Gasteiger partial charge is 0.442 e. The van der Waals surface area contributed by atoms with Gasteiger partial charge in [0.1, 0.15) is 10.5 Å². The number of benzene rings is 1. The maximum absolute atomic E-state index is 13.2. The van der Waals surface area contributed by atoms with Gasteiger partial charge in [-0.2, -0.15) is 5.32 Å². The van der Waals surface area contributed by atoms with E-state index >= 15 is 0 Å². The highest BCUT2D eigenvalue weighted by molar-refractivity contribution is 7.92. The van der Waals surface area contributed by atoms with Crippen LogP contribution >= 0.6 is 0 Å². The Bertz CT molecular complexity index is 1510. The van der Waals surface area contributed by atoms with Gasteiger partial charge in [-0.15, -0.1) is 0 Å². The van der Waals surface area contributed by atoms with Gasteiger partial charge in [0, 0.05) is 19.4 Å². The molecule has 0 aliphatic heterocycles. The molecule has 1 amide bonds. The molecule has 0 saturated heterocycles. The molecule has 0 aliphatic carbocycles. The van der Waals surface area contributed by atoms with Gasteiger partial charge < -0.3 is 4.74 Å². The molecule has 1 aromatic carbocycles. The Morgan fingerprint density at radius 1 is 1.05 bits per heavy atom. The molecule has 0 spiro atoms. The molecule has 0 bridgehead atoms. The van der Waals surface area contributed by atoms with E-state index in [1.54, 1.807) is 64.1 Å². The first-order valence-corrected chi connectivity index (χ1v) is 15.7. The van der Waals surface area contributed by atoms with Crippen molar-refractivity contribution in [3.8, 4) is 0 Å². The van der Waals surface area contributed by atoms with Crippen LogP contribution in [0, 0.1) is 0 Å². The molecule has 2 heterocycles. The molecular formula is C27H34N5O6S2. The number of nitrogens with one attached hydrogen (secondary N) is 1. The van der Waals surface area contributed by atoms with Crippen LogP contribution in [0.4, 0.5) is 16.3 Å². The summed E-state index contributed by atoms with van der Waals surface area (Å²) in [6.45, 7) is 6.95. The Morgan fingerprint density at radius 2 is 1.75 bits per heavy atom. The number of rotatable bonds is 11. The fourth-order valence-electron chi connectivity index (χ4n) is 3.68. The summed E-state index contributed by atoms with van der Waals surface area (Å²) in [5, 5.41) is 3.90. The van der Waals surface area contributed by atoms with Crippen molar-refractivity contribution < 1.29 is 26.4 Å². The molecular weight excluding hydrogens is 554 g/mol. The van der Waals surface area contributed by atoms with Crippen LogP contribution in [0.1, 0.15) is 51.4 Å². The third kappa shape index (κ3) is 8.73. The van der Waals surface area contributed by atoms with E-state index in [4.69, 9.17) is 4.74 Å². The SMILES string of the molecule is CCCS(=O)(=O)N(C)c1ccc(CC(NS(=O)(=O)c2cccnc2)c2cccc([N]C(=O)OC(C)(C)C)n2)cc1. The minimum Gasteiger partial charge on any atom is -0.442 e.